The fraction of sp³-hybridized carbons (Fsp3) is 0.571. The second kappa shape index (κ2) is 5.26. The van der Waals surface area contributed by atoms with Crippen LogP contribution >= 0.6 is 8.53 Å². The van der Waals surface area contributed by atoms with Gasteiger partial charge in [-0.15, -0.1) is 0 Å². The van der Waals surface area contributed by atoms with Crippen molar-refractivity contribution >= 4 is 8.53 Å². The van der Waals surface area contributed by atoms with Crippen LogP contribution in [0.4, 0.5) is 0 Å². The Kier molecular flexibility index (Phi) is 4.08. The molecule has 0 amide bonds. The van der Waals surface area contributed by atoms with E-state index in [-0.39, 0.29) is 11.7 Å². The molecule has 1 saturated heterocycles. The summed E-state index contributed by atoms with van der Waals surface area (Å²) in [6.45, 7) is 8.37. The van der Waals surface area contributed by atoms with Crippen molar-refractivity contribution in [2.45, 2.75) is 45.4 Å². The Morgan fingerprint density at radius 1 is 1.22 bits per heavy atom. The average molecular weight is 267 g/mol. The standard InChI is InChI=1S/C14H22NO2P/c1-11-13(12-9-7-6-8-10-12)16-18(15(11)5)17-14(2,3)4/h6-11,13H,1-5H3/t11-,13+,18-/m0/s1. The van der Waals surface area contributed by atoms with E-state index in [0.717, 1.165) is 0 Å². The first-order valence-corrected chi connectivity index (χ1v) is 7.45. The molecule has 0 bridgehead atoms. The fourth-order valence-corrected chi connectivity index (χ4v) is 3.61. The molecule has 2 rings (SSSR count). The first-order valence-electron chi connectivity index (χ1n) is 6.32. The molecular weight excluding hydrogens is 245 g/mol. The summed E-state index contributed by atoms with van der Waals surface area (Å²) in [5.41, 5.74) is 1.05. The topological polar surface area (TPSA) is 21.7 Å². The summed E-state index contributed by atoms with van der Waals surface area (Å²) >= 11 is 0. The molecule has 100 valence electrons. The predicted molar refractivity (Wildman–Crippen MR) is 75.3 cm³/mol. The Morgan fingerprint density at radius 2 is 1.83 bits per heavy atom. The van der Waals surface area contributed by atoms with Gasteiger partial charge in [0.1, 0.15) is 6.10 Å². The molecule has 1 aromatic carbocycles. The maximum absolute atomic E-state index is 6.12. The van der Waals surface area contributed by atoms with E-state index < -0.39 is 8.53 Å². The first-order chi connectivity index (χ1) is 8.38. The van der Waals surface area contributed by atoms with Gasteiger partial charge in [-0.25, -0.2) is 4.67 Å². The summed E-state index contributed by atoms with van der Waals surface area (Å²) in [6.07, 6.45) is 0.102. The summed E-state index contributed by atoms with van der Waals surface area (Å²) in [4.78, 5) is 0. The number of benzene rings is 1. The Morgan fingerprint density at radius 3 is 2.39 bits per heavy atom. The lowest BCUT2D eigenvalue weighted by molar-refractivity contribution is 0.110. The molecule has 0 aromatic heterocycles. The van der Waals surface area contributed by atoms with Crippen molar-refractivity contribution in [1.29, 1.82) is 0 Å². The van der Waals surface area contributed by atoms with Crippen molar-refractivity contribution in [3.8, 4) is 0 Å². The van der Waals surface area contributed by atoms with Gasteiger partial charge in [-0.1, -0.05) is 30.3 Å². The number of likely N-dealkylation sites (N-methyl/N-ethyl adjacent to an activating group) is 1. The Balaban J connectivity index is 2.12. The highest BCUT2D eigenvalue weighted by Gasteiger charge is 2.41. The molecule has 18 heavy (non-hydrogen) atoms. The van der Waals surface area contributed by atoms with E-state index in [2.05, 4.69) is 63.7 Å². The summed E-state index contributed by atoms with van der Waals surface area (Å²) < 4.78 is 14.3. The first kappa shape index (κ1) is 14.0. The van der Waals surface area contributed by atoms with Crippen molar-refractivity contribution in [2.24, 2.45) is 0 Å². The van der Waals surface area contributed by atoms with Crippen molar-refractivity contribution < 1.29 is 9.05 Å². The number of rotatable bonds is 2. The van der Waals surface area contributed by atoms with Crippen LogP contribution in [0.1, 0.15) is 39.4 Å². The molecule has 0 unspecified atom stereocenters. The minimum absolute atomic E-state index is 0.102. The van der Waals surface area contributed by atoms with E-state index in [1.807, 2.05) is 6.07 Å². The summed E-state index contributed by atoms with van der Waals surface area (Å²) in [6, 6.07) is 10.7. The van der Waals surface area contributed by atoms with Gasteiger partial charge in [0.2, 0.25) is 0 Å². The van der Waals surface area contributed by atoms with Gasteiger partial charge in [-0.2, -0.15) is 0 Å². The van der Waals surface area contributed by atoms with Crippen molar-refractivity contribution in [3.63, 3.8) is 0 Å². The maximum Gasteiger partial charge on any atom is 0.260 e. The smallest absolute Gasteiger partial charge is 0.260 e. The maximum atomic E-state index is 6.12. The van der Waals surface area contributed by atoms with Gasteiger partial charge < -0.3 is 9.05 Å². The van der Waals surface area contributed by atoms with Gasteiger partial charge in [0.25, 0.3) is 8.53 Å². The van der Waals surface area contributed by atoms with Crippen molar-refractivity contribution in [3.05, 3.63) is 35.9 Å². The molecule has 0 N–H and O–H groups in total. The van der Waals surface area contributed by atoms with Crippen LogP contribution in [-0.2, 0) is 9.05 Å². The van der Waals surface area contributed by atoms with E-state index in [0.29, 0.717) is 6.04 Å². The predicted octanol–water partition coefficient (Wildman–Crippen LogP) is 4.12. The van der Waals surface area contributed by atoms with Gasteiger partial charge in [0, 0.05) is 6.04 Å². The highest BCUT2D eigenvalue weighted by Crippen LogP contribution is 2.57. The molecule has 1 heterocycles. The van der Waals surface area contributed by atoms with Crippen molar-refractivity contribution in [1.82, 2.24) is 4.67 Å². The molecule has 3 atom stereocenters. The van der Waals surface area contributed by atoms with E-state index in [1.165, 1.54) is 5.56 Å². The van der Waals surface area contributed by atoms with Crippen LogP contribution in [0.25, 0.3) is 0 Å². The van der Waals surface area contributed by atoms with Crippen LogP contribution in [-0.4, -0.2) is 23.4 Å². The van der Waals surface area contributed by atoms with Crippen LogP contribution in [0.2, 0.25) is 0 Å². The second-order valence-electron chi connectivity index (χ2n) is 5.69. The van der Waals surface area contributed by atoms with Gasteiger partial charge in [0.15, 0.2) is 0 Å². The van der Waals surface area contributed by atoms with E-state index >= 15 is 0 Å². The van der Waals surface area contributed by atoms with Crippen LogP contribution in [0.3, 0.4) is 0 Å². The lowest BCUT2D eigenvalue weighted by atomic mass is 10.0. The molecule has 3 nitrogen and oxygen atoms in total. The second-order valence-corrected chi connectivity index (χ2v) is 7.19. The van der Waals surface area contributed by atoms with Crippen molar-refractivity contribution in [2.75, 3.05) is 7.05 Å². The molecule has 0 aliphatic carbocycles. The van der Waals surface area contributed by atoms with Crippen LogP contribution in [0.15, 0.2) is 30.3 Å². The van der Waals surface area contributed by atoms with Crippen LogP contribution in [0, 0.1) is 0 Å². The molecule has 0 radical (unpaired) electrons. The Bertz CT molecular complexity index is 391. The van der Waals surface area contributed by atoms with E-state index in [4.69, 9.17) is 9.05 Å². The van der Waals surface area contributed by atoms with E-state index in [9.17, 15) is 0 Å². The highest BCUT2D eigenvalue weighted by molar-refractivity contribution is 7.44. The van der Waals surface area contributed by atoms with Gasteiger partial charge in [-0.05, 0) is 40.3 Å². The van der Waals surface area contributed by atoms with Crippen LogP contribution in [0.5, 0.6) is 0 Å². The number of nitrogens with zero attached hydrogens (tertiary/aromatic N) is 1. The number of hydrogen-bond acceptors (Lipinski definition) is 3. The molecule has 4 heteroatoms. The third-order valence-electron chi connectivity index (χ3n) is 2.97. The molecular formula is C14H22NO2P. The molecule has 1 aliphatic heterocycles. The van der Waals surface area contributed by atoms with Gasteiger partial charge in [0.05, 0.1) is 5.60 Å². The third kappa shape index (κ3) is 3.10. The minimum atomic E-state index is -0.963. The van der Waals surface area contributed by atoms with Gasteiger partial charge >= 0.3 is 0 Å². The normalized spacial score (nSPS) is 29.7. The molecule has 1 aliphatic rings. The zero-order valence-electron chi connectivity index (χ0n) is 11.8. The summed E-state index contributed by atoms with van der Waals surface area (Å²) in [7, 11) is 1.11. The summed E-state index contributed by atoms with van der Waals surface area (Å²) in [5.74, 6) is 0. The van der Waals surface area contributed by atoms with Gasteiger partial charge in [-0.3, -0.25) is 0 Å². The lowest BCUT2D eigenvalue weighted by Crippen LogP contribution is -2.25. The highest BCUT2D eigenvalue weighted by atomic mass is 31.2. The lowest BCUT2D eigenvalue weighted by Gasteiger charge is -2.26. The molecule has 0 spiro atoms. The third-order valence-corrected chi connectivity index (χ3v) is 4.96. The SMILES string of the molecule is C[C@H]1[C@H](c2ccccc2)O[P@@](OC(C)(C)C)N1C. The molecule has 0 saturated carbocycles. The fourth-order valence-electron chi connectivity index (χ4n) is 1.91. The monoisotopic (exact) mass is 267 g/mol. The zero-order valence-corrected chi connectivity index (χ0v) is 12.6. The average Bonchev–Trinajstić information content (AvgIpc) is 2.57. The molecule has 1 aromatic rings. The summed E-state index contributed by atoms with van der Waals surface area (Å²) in [5, 5.41) is 0. The quantitative estimate of drug-likeness (QED) is 0.752. The minimum Gasteiger partial charge on any atom is -0.316 e. The number of hydrogen-bond donors (Lipinski definition) is 0. The Labute approximate surface area is 111 Å². The van der Waals surface area contributed by atoms with Crippen LogP contribution < -0.4 is 0 Å². The molecule has 1 fully saturated rings. The van der Waals surface area contributed by atoms with E-state index in [1.54, 1.807) is 0 Å². The largest absolute Gasteiger partial charge is 0.316 e. The zero-order chi connectivity index (χ0) is 13.3. The Hall–Kier alpha value is -0.470.